The quantitative estimate of drug-likeness (QED) is 0.305. The number of H-pyrrole nitrogens is 1. The fourth-order valence-corrected chi connectivity index (χ4v) is 5.29. The molecule has 1 unspecified atom stereocenters. The number of aromatic amines is 1. The number of anilines is 2. The minimum absolute atomic E-state index is 0.239. The SMILES string of the molecule is Cc1c(N2CCC(CNc3ccccn3)CC2)nc(=O)[nH]c1CC(Cc1ccc2ccccc2c1)C(=O)O. The molecule has 2 aromatic carbocycles. The summed E-state index contributed by atoms with van der Waals surface area (Å²) in [6.45, 7) is 4.37. The van der Waals surface area contributed by atoms with Gasteiger partial charge in [0.15, 0.2) is 0 Å². The number of carbonyl (C=O) groups is 1. The molecule has 1 aliphatic rings. The molecule has 1 aliphatic heterocycles. The summed E-state index contributed by atoms with van der Waals surface area (Å²) < 4.78 is 0. The zero-order valence-electron chi connectivity index (χ0n) is 21.6. The number of nitrogens with one attached hydrogen (secondary N) is 2. The van der Waals surface area contributed by atoms with Crippen LogP contribution in [0.3, 0.4) is 0 Å². The monoisotopic (exact) mass is 511 g/mol. The predicted molar refractivity (Wildman–Crippen MR) is 150 cm³/mol. The number of pyridine rings is 1. The van der Waals surface area contributed by atoms with Crippen LogP contribution in [0.2, 0.25) is 0 Å². The van der Waals surface area contributed by atoms with E-state index in [4.69, 9.17) is 0 Å². The third-order valence-corrected chi connectivity index (χ3v) is 7.50. The molecule has 38 heavy (non-hydrogen) atoms. The van der Waals surface area contributed by atoms with E-state index < -0.39 is 17.6 Å². The molecule has 5 rings (SSSR count). The first kappa shape index (κ1) is 25.4. The van der Waals surface area contributed by atoms with Crippen LogP contribution in [0.15, 0.2) is 71.7 Å². The van der Waals surface area contributed by atoms with Crippen LogP contribution in [0, 0.1) is 18.8 Å². The maximum absolute atomic E-state index is 12.5. The summed E-state index contributed by atoms with van der Waals surface area (Å²) in [4.78, 5) is 38.3. The van der Waals surface area contributed by atoms with Gasteiger partial charge in [0.2, 0.25) is 0 Å². The lowest BCUT2D eigenvalue weighted by Gasteiger charge is -2.34. The van der Waals surface area contributed by atoms with Gasteiger partial charge < -0.3 is 20.3 Å². The average molecular weight is 512 g/mol. The first-order valence-corrected chi connectivity index (χ1v) is 13.2. The molecule has 0 spiro atoms. The number of rotatable bonds is 9. The van der Waals surface area contributed by atoms with Crippen LogP contribution >= 0.6 is 0 Å². The van der Waals surface area contributed by atoms with Crippen LogP contribution in [0.4, 0.5) is 11.6 Å². The molecule has 0 radical (unpaired) electrons. The third-order valence-electron chi connectivity index (χ3n) is 7.50. The molecule has 0 aliphatic carbocycles. The highest BCUT2D eigenvalue weighted by Crippen LogP contribution is 2.27. The van der Waals surface area contributed by atoms with E-state index in [1.807, 2.05) is 67.6 Å². The second-order valence-electron chi connectivity index (χ2n) is 10.1. The normalized spacial score (nSPS) is 14.9. The van der Waals surface area contributed by atoms with Gasteiger partial charge in [-0.2, -0.15) is 4.98 Å². The molecule has 8 nitrogen and oxygen atoms in total. The van der Waals surface area contributed by atoms with Crippen LogP contribution in [0.5, 0.6) is 0 Å². The topological polar surface area (TPSA) is 111 Å². The number of piperidine rings is 1. The van der Waals surface area contributed by atoms with E-state index in [1.165, 1.54) is 0 Å². The number of carboxylic acid groups (broad SMARTS) is 1. The zero-order chi connectivity index (χ0) is 26.5. The summed E-state index contributed by atoms with van der Waals surface area (Å²) in [5, 5.41) is 15.6. The highest BCUT2D eigenvalue weighted by atomic mass is 16.4. The molecule has 2 aromatic heterocycles. The number of benzene rings is 2. The standard InChI is InChI=1S/C30H33N5O3/c1-20-26(18-25(29(36)37)17-22-9-10-23-6-2-3-7-24(23)16-22)33-30(38)34-28(20)35-14-11-21(12-15-35)19-32-27-8-4-5-13-31-27/h2-10,13,16,21,25H,11-12,14-15,17-19H2,1H3,(H,31,32)(H,36,37)(H,33,34,38). The van der Waals surface area contributed by atoms with Crippen molar-refractivity contribution in [3.63, 3.8) is 0 Å². The van der Waals surface area contributed by atoms with Gasteiger partial charge in [-0.15, -0.1) is 0 Å². The van der Waals surface area contributed by atoms with Gasteiger partial charge in [0.05, 0.1) is 5.92 Å². The Kier molecular flexibility index (Phi) is 7.67. The van der Waals surface area contributed by atoms with Crippen molar-refractivity contribution in [2.75, 3.05) is 29.9 Å². The van der Waals surface area contributed by atoms with Crippen LogP contribution in [-0.2, 0) is 17.6 Å². The Labute approximate surface area is 221 Å². The molecular weight excluding hydrogens is 478 g/mol. The summed E-state index contributed by atoms with van der Waals surface area (Å²) >= 11 is 0. The van der Waals surface area contributed by atoms with E-state index in [0.29, 0.717) is 23.9 Å². The number of hydrogen-bond donors (Lipinski definition) is 3. The Morgan fingerprint density at radius 3 is 2.58 bits per heavy atom. The highest BCUT2D eigenvalue weighted by Gasteiger charge is 2.25. The largest absolute Gasteiger partial charge is 0.481 e. The fourth-order valence-electron chi connectivity index (χ4n) is 5.29. The van der Waals surface area contributed by atoms with E-state index >= 15 is 0 Å². The van der Waals surface area contributed by atoms with Crippen molar-refractivity contribution in [1.29, 1.82) is 0 Å². The Balaban J connectivity index is 1.26. The molecule has 0 saturated carbocycles. The second kappa shape index (κ2) is 11.5. The second-order valence-corrected chi connectivity index (χ2v) is 10.1. The van der Waals surface area contributed by atoms with Crippen LogP contribution in [0.1, 0.15) is 29.7 Å². The lowest BCUT2D eigenvalue weighted by molar-refractivity contribution is -0.141. The molecule has 3 N–H and O–H groups in total. The minimum Gasteiger partial charge on any atom is -0.481 e. The Morgan fingerprint density at radius 2 is 1.84 bits per heavy atom. The van der Waals surface area contributed by atoms with Gasteiger partial charge in [-0.3, -0.25) is 4.79 Å². The Hall–Kier alpha value is -4.20. The van der Waals surface area contributed by atoms with Gasteiger partial charge in [-0.05, 0) is 60.6 Å². The van der Waals surface area contributed by atoms with Gasteiger partial charge >= 0.3 is 11.7 Å². The molecule has 1 fully saturated rings. The summed E-state index contributed by atoms with van der Waals surface area (Å²) in [6, 6.07) is 19.9. The number of fused-ring (bicyclic) bond motifs is 1. The molecular formula is C30H33N5O3. The van der Waals surface area contributed by atoms with Crippen LogP contribution in [0.25, 0.3) is 10.8 Å². The van der Waals surface area contributed by atoms with Crippen molar-refractivity contribution in [2.45, 2.75) is 32.6 Å². The van der Waals surface area contributed by atoms with Crippen molar-refractivity contribution >= 4 is 28.4 Å². The number of nitrogens with zero attached hydrogens (tertiary/aromatic N) is 3. The summed E-state index contributed by atoms with van der Waals surface area (Å²) in [5.74, 6) is 0.508. The Morgan fingerprint density at radius 1 is 1.08 bits per heavy atom. The molecule has 3 heterocycles. The summed E-state index contributed by atoms with van der Waals surface area (Å²) in [5.41, 5.74) is 2.02. The Bertz CT molecular complexity index is 1460. The van der Waals surface area contributed by atoms with Gasteiger partial charge in [-0.25, -0.2) is 9.78 Å². The number of aliphatic carboxylic acids is 1. The number of carboxylic acids is 1. The molecule has 0 amide bonds. The van der Waals surface area contributed by atoms with Crippen molar-refractivity contribution in [3.05, 3.63) is 94.2 Å². The number of hydrogen-bond acceptors (Lipinski definition) is 6. The highest BCUT2D eigenvalue weighted by molar-refractivity contribution is 5.83. The summed E-state index contributed by atoms with van der Waals surface area (Å²) in [7, 11) is 0. The molecule has 8 heteroatoms. The maximum Gasteiger partial charge on any atom is 0.347 e. The molecule has 1 saturated heterocycles. The predicted octanol–water partition coefficient (Wildman–Crippen LogP) is 4.44. The van der Waals surface area contributed by atoms with Crippen LogP contribution < -0.4 is 15.9 Å². The van der Waals surface area contributed by atoms with Crippen LogP contribution in [-0.4, -0.2) is 45.7 Å². The van der Waals surface area contributed by atoms with Crippen molar-refractivity contribution in [2.24, 2.45) is 11.8 Å². The maximum atomic E-state index is 12.5. The van der Waals surface area contributed by atoms with Gasteiger partial charge in [0, 0.05) is 43.5 Å². The molecule has 196 valence electrons. The van der Waals surface area contributed by atoms with Gasteiger partial charge in [-0.1, -0.05) is 48.5 Å². The van der Waals surface area contributed by atoms with Crippen molar-refractivity contribution in [3.8, 4) is 0 Å². The molecule has 4 aromatic rings. The van der Waals surface area contributed by atoms with E-state index in [-0.39, 0.29) is 6.42 Å². The van der Waals surface area contributed by atoms with Crippen molar-refractivity contribution in [1.82, 2.24) is 15.0 Å². The first-order valence-electron chi connectivity index (χ1n) is 13.2. The molecule has 1 atom stereocenters. The van der Waals surface area contributed by atoms with E-state index in [1.54, 1.807) is 6.20 Å². The lowest BCUT2D eigenvalue weighted by atomic mass is 9.92. The smallest absolute Gasteiger partial charge is 0.347 e. The van der Waals surface area contributed by atoms with E-state index in [0.717, 1.165) is 60.2 Å². The number of aromatic nitrogens is 3. The fraction of sp³-hybridized carbons (Fsp3) is 0.333. The molecule has 0 bridgehead atoms. The summed E-state index contributed by atoms with van der Waals surface area (Å²) in [6.07, 6.45) is 4.35. The first-order chi connectivity index (χ1) is 18.5. The minimum atomic E-state index is -0.877. The zero-order valence-corrected chi connectivity index (χ0v) is 21.6. The average Bonchev–Trinajstić information content (AvgIpc) is 2.94. The van der Waals surface area contributed by atoms with Gasteiger partial charge in [0.1, 0.15) is 11.6 Å². The lowest BCUT2D eigenvalue weighted by Crippen LogP contribution is -2.38. The van der Waals surface area contributed by atoms with Crippen molar-refractivity contribution < 1.29 is 9.90 Å². The van der Waals surface area contributed by atoms with E-state index in [9.17, 15) is 14.7 Å². The van der Waals surface area contributed by atoms with E-state index in [2.05, 4.69) is 25.2 Å². The third kappa shape index (κ3) is 6.02. The van der Waals surface area contributed by atoms with Gasteiger partial charge in [0.25, 0.3) is 0 Å².